The molecular weight excluding hydrogens is 388 g/mol. The van der Waals surface area contributed by atoms with Gasteiger partial charge in [-0.15, -0.1) is 0 Å². The highest BCUT2D eigenvalue weighted by molar-refractivity contribution is 7.92. The van der Waals surface area contributed by atoms with Crippen molar-refractivity contribution in [1.82, 2.24) is 5.32 Å². The smallest absolute Gasteiger partial charge is 0.232 e. The molecule has 0 spiro atoms. The molecule has 2 aromatic rings. The van der Waals surface area contributed by atoms with Gasteiger partial charge < -0.3 is 10.1 Å². The van der Waals surface area contributed by atoms with Crippen molar-refractivity contribution in [2.24, 2.45) is 0 Å². The lowest BCUT2D eigenvalue weighted by atomic mass is 10.1. The second-order valence-corrected chi connectivity index (χ2v) is 9.25. The van der Waals surface area contributed by atoms with E-state index in [0.29, 0.717) is 12.1 Å². The summed E-state index contributed by atoms with van der Waals surface area (Å²) in [5, 5.41) is 2.96. The first-order valence-corrected chi connectivity index (χ1v) is 11.4. The van der Waals surface area contributed by atoms with Gasteiger partial charge >= 0.3 is 0 Å². The van der Waals surface area contributed by atoms with Crippen molar-refractivity contribution in [3.63, 3.8) is 0 Å². The van der Waals surface area contributed by atoms with Gasteiger partial charge in [0, 0.05) is 13.0 Å². The van der Waals surface area contributed by atoms with Crippen LogP contribution in [0.4, 0.5) is 5.69 Å². The third-order valence-electron chi connectivity index (χ3n) is 4.65. The van der Waals surface area contributed by atoms with E-state index in [2.05, 4.69) is 5.32 Å². The number of hydrogen-bond donors (Lipinski definition) is 1. The Kier molecular flexibility index (Phi) is 7.67. The molecule has 0 fully saturated rings. The van der Waals surface area contributed by atoms with Gasteiger partial charge in [-0.2, -0.15) is 0 Å². The van der Waals surface area contributed by atoms with Crippen LogP contribution in [0.15, 0.2) is 42.5 Å². The van der Waals surface area contributed by atoms with E-state index in [1.807, 2.05) is 63.2 Å². The Morgan fingerprint density at radius 3 is 2.21 bits per heavy atom. The number of carbonyl (C=O) groups is 1. The molecule has 2 rings (SSSR count). The Morgan fingerprint density at radius 2 is 1.69 bits per heavy atom. The molecule has 6 nitrogen and oxygen atoms in total. The molecule has 2 aromatic carbocycles. The number of amides is 1. The number of carbonyl (C=O) groups excluding carboxylic acids is 1. The van der Waals surface area contributed by atoms with E-state index in [4.69, 9.17) is 4.74 Å². The fourth-order valence-corrected chi connectivity index (χ4v) is 4.20. The summed E-state index contributed by atoms with van der Waals surface area (Å²) in [6.07, 6.45) is 1.87. The quantitative estimate of drug-likeness (QED) is 0.673. The third-order valence-corrected chi connectivity index (χ3v) is 5.85. The Morgan fingerprint density at radius 1 is 1.10 bits per heavy atom. The van der Waals surface area contributed by atoms with Gasteiger partial charge in [-0.3, -0.25) is 9.10 Å². The molecule has 0 aliphatic heterocycles. The van der Waals surface area contributed by atoms with Gasteiger partial charge in [-0.05, 0) is 68.1 Å². The summed E-state index contributed by atoms with van der Waals surface area (Å²) in [5.41, 5.74) is 3.61. The average Bonchev–Trinajstić information content (AvgIpc) is 2.63. The molecule has 1 amide bonds. The van der Waals surface area contributed by atoms with E-state index in [1.165, 1.54) is 10.6 Å². The van der Waals surface area contributed by atoms with Crippen LogP contribution >= 0.6 is 0 Å². The molecule has 0 aliphatic carbocycles. The molecule has 0 aliphatic rings. The summed E-state index contributed by atoms with van der Waals surface area (Å²) in [4.78, 5) is 12.3. The largest absolute Gasteiger partial charge is 0.497 e. The number of nitrogens with one attached hydrogen (secondary N) is 1. The lowest BCUT2D eigenvalue weighted by Crippen LogP contribution is -2.32. The Hall–Kier alpha value is -2.54. The Labute approximate surface area is 173 Å². The number of anilines is 1. The lowest BCUT2D eigenvalue weighted by Gasteiger charge is -2.23. The first kappa shape index (κ1) is 22.7. The number of methoxy groups -OCH3 is 1. The van der Waals surface area contributed by atoms with Crippen LogP contribution in [-0.2, 0) is 14.8 Å². The van der Waals surface area contributed by atoms with Crippen LogP contribution in [0, 0.1) is 13.8 Å². The van der Waals surface area contributed by atoms with Crippen molar-refractivity contribution < 1.29 is 17.9 Å². The minimum Gasteiger partial charge on any atom is -0.497 e. The number of benzene rings is 2. The van der Waals surface area contributed by atoms with E-state index in [-0.39, 0.29) is 24.9 Å². The standard InChI is InChI=1S/C22H30N2O4S/c1-16-13-17(2)15-20(14-16)24(29(5,26)27)12-6-7-22(25)23-18(3)19-8-10-21(28-4)11-9-19/h8-11,13-15,18H,6-7,12H2,1-5H3,(H,23,25)/t18-/m0/s1. The molecule has 0 bridgehead atoms. The number of aryl methyl sites for hydroxylation is 2. The number of ether oxygens (including phenoxy) is 1. The van der Waals surface area contributed by atoms with E-state index in [9.17, 15) is 13.2 Å². The number of hydrogen-bond acceptors (Lipinski definition) is 4. The Balaban J connectivity index is 1.95. The van der Waals surface area contributed by atoms with Crippen LogP contribution in [0.5, 0.6) is 5.75 Å². The van der Waals surface area contributed by atoms with Crippen LogP contribution in [0.25, 0.3) is 0 Å². The van der Waals surface area contributed by atoms with Crippen molar-refractivity contribution in [2.75, 3.05) is 24.2 Å². The van der Waals surface area contributed by atoms with Crippen molar-refractivity contribution in [3.05, 3.63) is 59.2 Å². The van der Waals surface area contributed by atoms with E-state index in [0.717, 1.165) is 22.4 Å². The second kappa shape index (κ2) is 9.78. The van der Waals surface area contributed by atoms with Crippen molar-refractivity contribution >= 4 is 21.6 Å². The molecule has 0 unspecified atom stereocenters. The zero-order chi connectivity index (χ0) is 21.6. The van der Waals surface area contributed by atoms with Gasteiger partial charge in [0.2, 0.25) is 15.9 Å². The lowest BCUT2D eigenvalue weighted by molar-refractivity contribution is -0.121. The topological polar surface area (TPSA) is 75.7 Å². The zero-order valence-corrected chi connectivity index (χ0v) is 18.5. The van der Waals surface area contributed by atoms with Crippen molar-refractivity contribution in [2.45, 2.75) is 39.7 Å². The molecule has 0 saturated heterocycles. The molecule has 0 radical (unpaired) electrons. The highest BCUT2D eigenvalue weighted by Crippen LogP contribution is 2.22. The minimum atomic E-state index is -3.43. The highest BCUT2D eigenvalue weighted by Gasteiger charge is 2.18. The summed E-state index contributed by atoms with van der Waals surface area (Å²) in [6, 6.07) is 13.1. The summed E-state index contributed by atoms with van der Waals surface area (Å²) >= 11 is 0. The van der Waals surface area contributed by atoms with E-state index >= 15 is 0 Å². The molecule has 1 N–H and O–H groups in total. The number of rotatable bonds is 9. The van der Waals surface area contributed by atoms with Gasteiger partial charge in [-0.1, -0.05) is 18.2 Å². The van der Waals surface area contributed by atoms with Crippen molar-refractivity contribution in [1.29, 1.82) is 0 Å². The summed E-state index contributed by atoms with van der Waals surface area (Å²) in [6.45, 7) is 6.04. The predicted molar refractivity (Wildman–Crippen MR) is 117 cm³/mol. The van der Waals surface area contributed by atoms with Crippen LogP contribution in [0.3, 0.4) is 0 Å². The predicted octanol–water partition coefficient (Wildman–Crippen LogP) is 3.74. The minimum absolute atomic E-state index is 0.109. The maximum atomic E-state index is 12.3. The van der Waals surface area contributed by atoms with E-state index < -0.39 is 10.0 Å². The molecule has 158 valence electrons. The van der Waals surface area contributed by atoms with Crippen molar-refractivity contribution in [3.8, 4) is 5.75 Å². The molecule has 0 heterocycles. The monoisotopic (exact) mass is 418 g/mol. The van der Waals surface area contributed by atoms with Gasteiger partial charge in [0.1, 0.15) is 5.75 Å². The molecule has 29 heavy (non-hydrogen) atoms. The van der Waals surface area contributed by atoms with Crippen LogP contribution in [0.2, 0.25) is 0 Å². The molecule has 0 saturated carbocycles. The summed E-state index contributed by atoms with van der Waals surface area (Å²) < 4.78 is 31.0. The van der Waals surface area contributed by atoms with Gasteiger partial charge in [0.15, 0.2) is 0 Å². The number of sulfonamides is 1. The zero-order valence-electron chi connectivity index (χ0n) is 17.7. The second-order valence-electron chi connectivity index (χ2n) is 7.35. The first-order chi connectivity index (χ1) is 13.6. The van der Waals surface area contributed by atoms with Crippen LogP contribution < -0.4 is 14.4 Å². The SMILES string of the molecule is COc1ccc([C@H](C)NC(=O)CCCN(c2cc(C)cc(C)c2)S(C)(=O)=O)cc1. The molecule has 7 heteroatoms. The fraction of sp³-hybridized carbons (Fsp3) is 0.409. The van der Waals surface area contributed by atoms with Gasteiger partial charge in [0.25, 0.3) is 0 Å². The number of nitrogens with zero attached hydrogens (tertiary/aromatic N) is 1. The van der Waals surface area contributed by atoms with Crippen LogP contribution in [-0.4, -0.2) is 34.2 Å². The average molecular weight is 419 g/mol. The molecule has 1 atom stereocenters. The van der Waals surface area contributed by atoms with Gasteiger partial charge in [0.05, 0.1) is 25.1 Å². The van der Waals surface area contributed by atoms with Crippen LogP contribution in [0.1, 0.15) is 42.5 Å². The highest BCUT2D eigenvalue weighted by atomic mass is 32.2. The third kappa shape index (κ3) is 6.78. The maximum Gasteiger partial charge on any atom is 0.232 e. The maximum absolute atomic E-state index is 12.3. The normalized spacial score (nSPS) is 12.3. The van der Waals surface area contributed by atoms with Gasteiger partial charge in [-0.25, -0.2) is 8.42 Å². The molecule has 0 aromatic heterocycles. The summed E-state index contributed by atoms with van der Waals surface area (Å²) in [5.74, 6) is 0.654. The Bertz CT molecular complexity index is 920. The first-order valence-electron chi connectivity index (χ1n) is 9.59. The van der Waals surface area contributed by atoms with E-state index in [1.54, 1.807) is 7.11 Å². The molecular formula is C22H30N2O4S. The fourth-order valence-electron chi connectivity index (χ4n) is 3.25. The summed E-state index contributed by atoms with van der Waals surface area (Å²) in [7, 11) is -1.82.